The summed E-state index contributed by atoms with van der Waals surface area (Å²) in [4.78, 5) is 187. The Kier molecular flexibility index (Phi) is 27.3. The van der Waals surface area contributed by atoms with E-state index in [0.717, 1.165) is 70.3 Å². The number of hydrogen-bond donors (Lipinski definition) is 3. The highest BCUT2D eigenvalue weighted by Crippen LogP contribution is 2.37. The molecular formula is C67H102ClF3N12O12. The standard InChI is InChI=1S/C67H102ClF3N12O12/c1-13-42(4)56-63(93)77(8)39-54(86)75(6)40-55(87)79(10)50(36-44-23-16-14-17-24-44)61(91)76(7)38-52(84)72-48(29-27-45-26-28-46(47(68)35-45)67(69,70)71)60(90)83-34-22-25-49(83)59(89)74-66(30-18-19-31-66)65(95)81(12)57(41(2)3)64(94)80(11)51(62(92)82-32-20-15-21-33-82)37-53(85)78(9)43(5)58(88)73-56/h26,28,35,41-44,48-51,56-57H,13-25,27,29-34,36-40H2,1-12H3,(H,72,84)(H,73,88)(H,74,89)/t42-,43-,48-,49-,50-,51-,56-,57-/m0/s1. The van der Waals surface area contributed by atoms with Crippen molar-refractivity contribution in [1.29, 1.82) is 0 Å². The number of aryl methyl sites for hydroxylation is 1. The van der Waals surface area contributed by atoms with E-state index in [1.54, 1.807) is 25.7 Å². The number of amides is 12. The molecule has 1 aromatic rings. The molecule has 2 aliphatic carbocycles. The van der Waals surface area contributed by atoms with Gasteiger partial charge in [0.1, 0.15) is 47.8 Å². The van der Waals surface area contributed by atoms with Crippen LogP contribution in [0.4, 0.5) is 13.2 Å². The summed E-state index contributed by atoms with van der Waals surface area (Å²) in [6, 6.07) is -5.69. The fraction of sp³-hybridized carbons (Fsp3) is 0.731. The quantitative estimate of drug-likeness (QED) is 0.309. The monoisotopic (exact) mass is 1360 g/mol. The average Bonchev–Trinajstić information content (AvgIpc) is 1.72. The van der Waals surface area contributed by atoms with Crippen molar-refractivity contribution in [2.45, 2.75) is 211 Å². The van der Waals surface area contributed by atoms with Crippen LogP contribution in [0, 0.1) is 17.8 Å². The first-order chi connectivity index (χ1) is 44.6. The third kappa shape index (κ3) is 19.2. The first-order valence-corrected chi connectivity index (χ1v) is 34.2. The van der Waals surface area contributed by atoms with E-state index in [-0.39, 0.29) is 51.0 Å². The molecule has 530 valence electrons. The lowest BCUT2D eigenvalue weighted by atomic mass is 9.84. The van der Waals surface area contributed by atoms with Crippen molar-refractivity contribution < 1.29 is 70.7 Å². The molecule has 12 amide bonds. The predicted molar refractivity (Wildman–Crippen MR) is 348 cm³/mol. The Bertz CT molecular complexity index is 2970. The van der Waals surface area contributed by atoms with E-state index in [1.165, 1.54) is 81.9 Å². The minimum Gasteiger partial charge on any atom is -0.343 e. The fourth-order valence-electron chi connectivity index (χ4n) is 14.0. The van der Waals surface area contributed by atoms with Gasteiger partial charge in [0.2, 0.25) is 70.9 Å². The maximum absolute atomic E-state index is 15.3. The van der Waals surface area contributed by atoms with E-state index in [4.69, 9.17) is 11.6 Å². The van der Waals surface area contributed by atoms with Crippen molar-refractivity contribution >= 4 is 82.5 Å². The highest BCUT2D eigenvalue weighted by Gasteiger charge is 2.51. The zero-order valence-corrected chi connectivity index (χ0v) is 58.4. The summed E-state index contributed by atoms with van der Waals surface area (Å²) >= 11 is 6.13. The van der Waals surface area contributed by atoms with Gasteiger partial charge < -0.3 is 60.0 Å². The number of benzene rings is 1. The number of alkyl halides is 3. The van der Waals surface area contributed by atoms with Gasteiger partial charge in [0, 0.05) is 69.0 Å². The number of carbonyl (C=O) groups is 12. The van der Waals surface area contributed by atoms with Crippen LogP contribution in [-0.2, 0) is 70.1 Å². The Labute approximate surface area is 562 Å². The zero-order valence-electron chi connectivity index (χ0n) is 57.6. The number of halogens is 4. The van der Waals surface area contributed by atoms with Crippen LogP contribution in [0.15, 0.2) is 18.2 Å². The lowest BCUT2D eigenvalue weighted by Gasteiger charge is -2.41. The predicted octanol–water partition coefficient (Wildman–Crippen LogP) is 4.47. The second-order valence-corrected chi connectivity index (χ2v) is 28.0. The van der Waals surface area contributed by atoms with Gasteiger partial charge in [-0.3, -0.25) is 57.5 Å². The summed E-state index contributed by atoms with van der Waals surface area (Å²) in [5.41, 5.74) is -2.36. The van der Waals surface area contributed by atoms with Crippen molar-refractivity contribution in [2.75, 3.05) is 88.6 Å². The third-order valence-corrected chi connectivity index (χ3v) is 20.7. The van der Waals surface area contributed by atoms with Crippen LogP contribution in [0.1, 0.15) is 161 Å². The zero-order chi connectivity index (χ0) is 70.6. The van der Waals surface area contributed by atoms with Crippen LogP contribution >= 0.6 is 11.6 Å². The summed E-state index contributed by atoms with van der Waals surface area (Å²) in [5, 5.41) is 7.96. The number of likely N-dealkylation sites (tertiary alicyclic amines) is 1. The molecule has 0 aromatic heterocycles. The Morgan fingerprint density at radius 1 is 0.653 bits per heavy atom. The summed E-state index contributed by atoms with van der Waals surface area (Å²) < 4.78 is 41.4. The van der Waals surface area contributed by atoms with E-state index in [1.807, 2.05) is 6.92 Å². The Hall–Kier alpha value is -7.06. The minimum atomic E-state index is -4.76. The highest BCUT2D eigenvalue weighted by molar-refractivity contribution is 6.31. The molecule has 0 radical (unpaired) electrons. The number of carbonyl (C=O) groups excluding carboxylic acids is 12. The molecule has 6 rings (SSSR count). The molecule has 3 N–H and O–H groups in total. The molecule has 3 saturated heterocycles. The molecule has 1 aromatic carbocycles. The number of likely N-dealkylation sites (N-methyl/N-ethyl adjacent to an activating group) is 7. The SMILES string of the molecule is CC[C@H](C)[C@@H]1NC(=O)[C@H](C)N(C)C(=O)C[C@@H](C(=O)N2CCCCC2)N(C)C(=O)[C@H](C(C)C)N(C)C(=O)C2(CCCC2)NC(=O)[C@@H]2CCCN2C(=O)[C@H](CCc2ccc(C(F)(F)F)c(Cl)c2)NC(=O)CN(C)C(=O)[C@H](CC2CCCCC2)N(C)C(=O)CN(C)C(=O)CN(C)C1=O. The summed E-state index contributed by atoms with van der Waals surface area (Å²) in [6.45, 7) is 7.52. The van der Waals surface area contributed by atoms with E-state index in [2.05, 4.69) is 16.0 Å². The van der Waals surface area contributed by atoms with Gasteiger partial charge in [0.15, 0.2) is 0 Å². The number of hydrogen-bond acceptors (Lipinski definition) is 12. The second-order valence-electron chi connectivity index (χ2n) is 27.5. The lowest BCUT2D eigenvalue weighted by Crippen LogP contribution is -2.65. The average molecular weight is 1360 g/mol. The van der Waals surface area contributed by atoms with Crippen molar-refractivity contribution in [3.63, 3.8) is 0 Å². The molecule has 24 nitrogen and oxygen atoms in total. The van der Waals surface area contributed by atoms with Crippen molar-refractivity contribution in [1.82, 2.24) is 60.0 Å². The maximum atomic E-state index is 15.3. The van der Waals surface area contributed by atoms with Crippen LogP contribution in [-0.4, -0.2) is 251 Å². The molecule has 0 unspecified atom stereocenters. The number of rotatable bonds is 9. The van der Waals surface area contributed by atoms with Gasteiger partial charge in [-0.2, -0.15) is 13.2 Å². The largest absolute Gasteiger partial charge is 0.417 e. The topological polar surface area (TPSA) is 270 Å². The van der Waals surface area contributed by atoms with Gasteiger partial charge in [-0.1, -0.05) is 96.7 Å². The number of nitrogens with one attached hydrogen (secondary N) is 3. The molecule has 8 atom stereocenters. The molecule has 3 heterocycles. The number of fused-ring (bicyclic) bond motifs is 1. The molecule has 5 aliphatic rings. The summed E-state index contributed by atoms with van der Waals surface area (Å²) in [7, 11) is 9.73. The number of piperidine rings is 1. The molecule has 95 heavy (non-hydrogen) atoms. The first kappa shape index (κ1) is 77.0. The minimum absolute atomic E-state index is 0.0206. The van der Waals surface area contributed by atoms with Crippen LogP contribution in [0.5, 0.6) is 0 Å². The molecule has 1 spiro atoms. The molecule has 28 heteroatoms. The van der Waals surface area contributed by atoms with E-state index in [9.17, 15) is 56.3 Å². The van der Waals surface area contributed by atoms with Gasteiger partial charge in [-0.15, -0.1) is 0 Å². The summed E-state index contributed by atoms with van der Waals surface area (Å²) in [6.07, 6.45) is 3.35. The van der Waals surface area contributed by atoms with Crippen LogP contribution < -0.4 is 16.0 Å². The van der Waals surface area contributed by atoms with Gasteiger partial charge in [-0.25, -0.2) is 0 Å². The van der Waals surface area contributed by atoms with Crippen molar-refractivity contribution in [3.8, 4) is 0 Å². The van der Waals surface area contributed by atoms with Gasteiger partial charge in [-0.05, 0) is 107 Å². The highest BCUT2D eigenvalue weighted by atomic mass is 35.5. The smallest absolute Gasteiger partial charge is 0.343 e. The Morgan fingerprint density at radius 3 is 1.86 bits per heavy atom. The first-order valence-electron chi connectivity index (χ1n) is 33.8. The Balaban J connectivity index is 1.39. The van der Waals surface area contributed by atoms with Crippen LogP contribution in [0.2, 0.25) is 5.02 Å². The van der Waals surface area contributed by atoms with E-state index in [0.29, 0.717) is 57.2 Å². The molecule has 5 fully saturated rings. The van der Waals surface area contributed by atoms with Gasteiger partial charge in [0.05, 0.1) is 36.6 Å². The third-order valence-electron chi connectivity index (χ3n) is 20.4. The summed E-state index contributed by atoms with van der Waals surface area (Å²) in [5.74, 6) is -9.06. The van der Waals surface area contributed by atoms with Gasteiger partial charge >= 0.3 is 6.18 Å². The van der Waals surface area contributed by atoms with Gasteiger partial charge in [0.25, 0.3) is 0 Å². The van der Waals surface area contributed by atoms with E-state index < -0.39 is 173 Å². The molecule has 0 bridgehead atoms. The molecule has 2 saturated carbocycles. The van der Waals surface area contributed by atoms with E-state index >= 15 is 14.4 Å². The Morgan fingerprint density at radius 2 is 1.26 bits per heavy atom. The number of nitrogens with zero attached hydrogens (tertiary/aromatic N) is 9. The van der Waals surface area contributed by atoms with Crippen LogP contribution in [0.25, 0.3) is 0 Å². The fourth-order valence-corrected chi connectivity index (χ4v) is 14.3. The maximum Gasteiger partial charge on any atom is 0.417 e. The van der Waals surface area contributed by atoms with Crippen molar-refractivity contribution in [3.05, 3.63) is 34.3 Å². The van der Waals surface area contributed by atoms with Crippen molar-refractivity contribution in [2.24, 2.45) is 17.8 Å². The normalized spacial score (nSPS) is 26.6. The lowest BCUT2D eigenvalue weighted by molar-refractivity contribution is -0.156. The van der Waals surface area contributed by atoms with Crippen LogP contribution in [0.3, 0.4) is 0 Å². The molecule has 3 aliphatic heterocycles. The molecular weight excluding hydrogens is 1260 g/mol. The second kappa shape index (κ2) is 33.7.